The van der Waals surface area contributed by atoms with Crippen molar-refractivity contribution >= 4 is 5.69 Å². The largest absolute Gasteiger partial charge is 0.467 e. The minimum atomic E-state index is -0.243. The van der Waals surface area contributed by atoms with E-state index in [4.69, 9.17) is 4.42 Å². The summed E-state index contributed by atoms with van der Waals surface area (Å²) in [5.74, 6) is 0.545. The molecule has 2 nitrogen and oxygen atoms in total. The second kappa shape index (κ2) is 4.17. The summed E-state index contributed by atoms with van der Waals surface area (Å²) >= 11 is 0. The minimum Gasteiger partial charge on any atom is -0.467 e. The van der Waals surface area contributed by atoms with Crippen LogP contribution in [0.1, 0.15) is 11.3 Å². The molecule has 1 N–H and O–H groups in total. The Labute approximate surface area is 87.7 Å². The molecule has 1 aromatic carbocycles. The van der Waals surface area contributed by atoms with Gasteiger partial charge in [0.2, 0.25) is 0 Å². The quantitative estimate of drug-likeness (QED) is 0.831. The van der Waals surface area contributed by atoms with Crippen molar-refractivity contribution in [3.63, 3.8) is 0 Å². The van der Waals surface area contributed by atoms with E-state index in [1.165, 1.54) is 6.07 Å². The molecule has 0 saturated carbocycles. The summed E-state index contributed by atoms with van der Waals surface area (Å²) in [6.07, 6.45) is 1.60. The predicted molar refractivity (Wildman–Crippen MR) is 57.2 cm³/mol. The van der Waals surface area contributed by atoms with E-state index in [-0.39, 0.29) is 5.82 Å². The topological polar surface area (TPSA) is 25.2 Å². The van der Waals surface area contributed by atoms with Crippen LogP contribution in [-0.2, 0) is 6.54 Å². The molecule has 0 spiro atoms. The third-order valence-electron chi connectivity index (χ3n) is 2.16. The predicted octanol–water partition coefficient (Wildman–Crippen LogP) is 3.34. The summed E-state index contributed by atoms with van der Waals surface area (Å²) in [4.78, 5) is 0. The van der Waals surface area contributed by atoms with E-state index in [0.717, 1.165) is 11.3 Å². The normalized spacial score (nSPS) is 10.3. The fourth-order valence-electron chi connectivity index (χ4n) is 1.37. The summed E-state index contributed by atoms with van der Waals surface area (Å²) in [7, 11) is 0. The Hall–Kier alpha value is -1.77. The maximum absolute atomic E-state index is 13.3. The third kappa shape index (κ3) is 2.37. The van der Waals surface area contributed by atoms with Gasteiger partial charge in [0.25, 0.3) is 0 Å². The molecular weight excluding hydrogens is 193 g/mol. The average molecular weight is 205 g/mol. The fourth-order valence-corrected chi connectivity index (χ4v) is 1.37. The lowest BCUT2D eigenvalue weighted by atomic mass is 10.2. The van der Waals surface area contributed by atoms with E-state index in [9.17, 15) is 4.39 Å². The van der Waals surface area contributed by atoms with Gasteiger partial charge in [-0.15, -0.1) is 0 Å². The summed E-state index contributed by atoms with van der Waals surface area (Å²) in [5.41, 5.74) is 1.53. The highest BCUT2D eigenvalue weighted by Crippen LogP contribution is 2.16. The summed E-state index contributed by atoms with van der Waals surface area (Å²) in [5, 5.41) is 2.99. The van der Waals surface area contributed by atoms with Gasteiger partial charge >= 0.3 is 0 Å². The highest BCUT2D eigenvalue weighted by atomic mass is 19.1. The molecule has 0 radical (unpaired) electrons. The van der Waals surface area contributed by atoms with Gasteiger partial charge in [0.1, 0.15) is 11.6 Å². The van der Waals surface area contributed by atoms with Crippen molar-refractivity contribution in [3.8, 4) is 0 Å². The molecule has 2 rings (SSSR count). The van der Waals surface area contributed by atoms with Gasteiger partial charge in [-0.1, -0.05) is 6.07 Å². The second-order valence-corrected chi connectivity index (χ2v) is 3.42. The zero-order valence-electron chi connectivity index (χ0n) is 8.46. The van der Waals surface area contributed by atoms with Crippen molar-refractivity contribution in [2.24, 2.45) is 0 Å². The molecule has 0 unspecified atom stereocenters. The van der Waals surface area contributed by atoms with Crippen LogP contribution in [-0.4, -0.2) is 0 Å². The molecule has 2 aromatic rings. The maximum Gasteiger partial charge on any atom is 0.146 e. The lowest BCUT2D eigenvalue weighted by Crippen LogP contribution is -2.00. The van der Waals surface area contributed by atoms with E-state index in [0.29, 0.717) is 12.2 Å². The number of anilines is 1. The highest BCUT2D eigenvalue weighted by Gasteiger charge is 2.02. The number of halogens is 1. The van der Waals surface area contributed by atoms with Gasteiger partial charge in [0.05, 0.1) is 18.5 Å². The summed E-state index contributed by atoms with van der Waals surface area (Å²) < 4.78 is 18.4. The molecule has 0 bridgehead atoms. The molecule has 0 aliphatic heterocycles. The van der Waals surface area contributed by atoms with Gasteiger partial charge in [-0.3, -0.25) is 0 Å². The van der Waals surface area contributed by atoms with Crippen LogP contribution in [0.2, 0.25) is 0 Å². The van der Waals surface area contributed by atoms with E-state index in [1.807, 2.05) is 19.1 Å². The SMILES string of the molecule is Cc1ccc(F)c(NCc2ccco2)c1. The van der Waals surface area contributed by atoms with Crippen LogP contribution in [0.25, 0.3) is 0 Å². The molecule has 0 fully saturated rings. The first-order chi connectivity index (χ1) is 7.25. The van der Waals surface area contributed by atoms with Crippen molar-refractivity contribution in [2.75, 3.05) is 5.32 Å². The van der Waals surface area contributed by atoms with Gasteiger partial charge in [0.15, 0.2) is 0 Å². The molecule has 1 heterocycles. The maximum atomic E-state index is 13.3. The van der Waals surface area contributed by atoms with Gasteiger partial charge < -0.3 is 9.73 Å². The Bertz CT molecular complexity index is 437. The van der Waals surface area contributed by atoms with Crippen LogP contribution in [0.15, 0.2) is 41.0 Å². The number of hydrogen-bond donors (Lipinski definition) is 1. The standard InChI is InChI=1S/C12H12FNO/c1-9-4-5-11(13)12(7-9)14-8-10-3-2-6-15-10/h2-7,14H,8H2,1H3. The summed E-state index contributed by atoms with van der Waals surface area (Å²) in [6, 6.07) is 8.63. The Morgan fingerprint density at radius 2 is 2.20 bits per heavy atom. The first kappa shape index (κ1) is 9.77. The van der Waals surface area contributed by atoms with E-state index < -0.39 is 0 Å². The minimum absolute atomic E-state index is 0.243. The van der Waals surface area contributed by atoms with Gasteiger partial charge in [-0.25, -0.2) is 4.39 Å². The van der Waals surface area contributed by atoms with Crippen molar-refractivity contribution in [1.29, 1.82) is 0 Å². The molecule has 0 atom stereocenters. The van der Waals surface area contributed by atoms with Crippen molar-refractivity contribution in [1.82, 2.24) is 0 Å². The Kier molecular flexibility index (Phi) is 2.72. The Morgan fingerprint density at radius 1 is 1.33 bits per heavy atom. The average Bonchev–Trinajstić information content (AvgIpc) is 2.72. The van der Waals surface area contributed by atoms with Gasteiger partial charge in [0, 0.05) is 0 Å². The molecule has 78 valence electrons. The molecule has 0 aliphatic carbocycles. The number of rotatable bonds is 3. The van der Waals surface area contributed by atoms with Crippen molar-refractivity contribution < 1.29 is 8.81 Å². The van der Waals surface area contributed by atoms with Crippen LogP contribution >= 0.6 is 0 Å². The summed E-state index contributed by atoms with van der Waals surface area (Å²) in [6.45, 7) is 2.42. The van der Waals surface area contributed by atoms with Gasteiger partial charge in [-0.05, 0) is 36.8 Å². The molecule has 0 saturated heterocycles. The molecule has 1 aromatic heterocycles. The molecule has 15 heavy (non-hydrogen) atoms. The van der Waals surface area contributed by atoms with E-state index in [1.54, 1.807) is 18.4 Å². The van der Waals surface area contributed by atoms with Crippen molar-refractivity contribution in [2.45, 2.75) is 13.5 Å². The van der Waals surface area contributed by atoms with Crippen LogP contribution in [0.4, 0.5) is 10.1 Å². The van der Waals surface area contributed by atoms with Crippen LogP contribution < -0.4 is 5.32 Å². The molecule has 0 amide bonds. The Balaban J connectivity index is 2.07. The van der Waals surface area contributed by atoms with Crippen LogP contribution in [0, 0.1) is 12.7 Å². The zero-order valence-corrected chi connectivity index (χ0v) is 8.46. The Morgan fingerprint density at radius 3 is 2.93 bits per heavy atom. The number of nitrogens with one attached hydrogen (secondary N) is 1. The number of furan rings is 1. The van der Waals surface area contributed by atoms with Crippen LogP contribution in [0.5, 0.6) is 0 Å². The number of hydrogen-bond acceptors (Lipinski definition) is 2. The first-order valence-corrected chi connectivity index (χ1v) is 4.78. The van der Waals surface area contributed by atoms with Crippen LogP contribution in [0.3, 0.4) is 0 Å². The second-order valence-electron chi connectivity index (χ2n) is 3.42. The lowest BCUT2D eigenvalue weighted by molar-refractivity contribution is 0.517. The van der Waals surface area contributed by atoms with Gasteiger partial charge in [-0.2, -0.15) is 0 Å². The molecule has 3 heteroatoms. The molecular formula is C12H12FNO. The van der Waals surface area contributed by atoms with Crippen molar-refractivity contribution in [3.05, 3.63) is 53.7 Å². The van der Waals surface area contributed by atoms with E-state index in [2.05, 4.69) is 5.32 Å². The number of benzene rings is 1. The first-order valence-electron chi connectivity index (χ1n) is 4.78. The monoisotopic (exact) mass is 205 g/mol. The van der Waals surface area contributed by atoms with E-state index >= 15 is 0 Å². The lowest BCUT2D eigenvalue weighted by Gasteiger charge is -2.06. The molecule has 0 aliphatic rings. The zero-order chi connectivity index (χ0) is 10.7. The smallest absolute Gasteiger partial charge is 0.146 e. The fraction of sp³-hybridized carbons (Fsp3) is 0.167. The third-order valence-corrected chi connectivity index (χ3v) is 2.16. The highest BCUT2D eigenvalue weighted by molar-refractivity contribution is 5.47. The number of aryl methyl sites for hydroxylation is 1.